The van der Waals surface area contributed by atoms with Crippen molar-refractivity contribution < 1.29 is 89.4 Å². The Balaban J connectivity index is 1.41. The minimum absolute atomic E-state index is 0.220. The zero-order valence-corrected chi connectivity index (χ0v) is 52.1. The minimum Gasteiger partial charge on any atom is -0.394 e. The highest BCUT2D eigenvalue weighted by atomic mass is 16.8. The van der Waals surface area contributed by atoms with E-state index in [4.69, 9.17) is 28.4 Å². The Kier molecular flexibility index (Phi) is 44.0. The summed E-state index contributed by atoms with van der Waals surface area (Å²) in [7, 11) is 0. The molecule has 0 aliphatic carbocycles. The van der Waals surface area contributed by atoms with E-state index in [1.54, 1.807) is 6.08 Å². The smallest absolute Gasteiger partial charge is 0.220 e. The second kappa shape index (κ2) is 48.6. The van der Waals surface area contributed by atoms with Gasteiger partial charge < -0.3 is 89.9 Å². The standard InChI is InChI=1S/C66H119NO18/c1-3-5-7-9-11-13-15-16-17-18-19-20-21-22-23-24-25-26-27-28-29-30-31-32-33-34-35-37-39-41-43-50(71)49(67-54(72)44-42-40-38-36-14-12-10-8-6-4-2)48-80-64-60(78)57(75)62(52(46-69)82-64)85-66-61(79)58(76)63(53(47-70)83-66)84-65-59(77)56(74)55(73)51(45-68)81-65/h8,10,30-31,34-35,41,43,49-53,55-66,68-71,73-79H,3-7,9,11-29,32-33,36-40,42,44-48H2,1-2H3,(H,67,72)/b10-8-,31-30+,35-34+,43-41+. The van der Waals surface area contributed by atoms with Crippen molar-refractivity contribution in [3.8, 4) is 0 Å². The third-order valence-corrected chi connectivity index (χ3v) is 16.6. The van der Waals surface area contributed by atoms with Crippen molar-refractivity contribution in [1.82, 2.24) is 5.32 Å². The van der Waals surface area contributed by atoms with Gasteiger partial charge in [0.2, 0.25) is 5.91 Å². The van der Waals surface area contributed by atoms with Gasteiger partial charge in [-0.05, 0) is 64.2 Å². The summed E-state index contributed by atoms with van der Waals surface area (Å²) in [5.41, 5.74) is 0. The number of ether oxygens (including phenoxy) is 6. The summed E-state index contributed by atoms with van der Waals surface area (Å²) in [5, 5.41) is 120. The molecule has 19 nitrogen and oxygen atoms in total. The van der Waals surface area contributed by atoms with Crippen molar-refractivity contribution in [3.63, 3.8) is 0 Å². The van der Waals surface area contributed by atoms with Gasteiger partial charge in [0.05, 0.1) is 38.6 Å². The minimum atomic E-state index is -1.98. The van der Waals surface area contributed by atoms with E-state index < -0.39 is 124 Å². The third kappa shape index (κ3) is 31.4. The number of carbonyl (C=O) groups is 1. The largest absolute Gasteiger partial charge is 0.394 e. The van der Waals surface area contributed by atoms with Gasteiger partial charge in [0.15, 0.2) is 18.9 Å². The molecule has 3 aliphatic heterocycles. The molecule has 0 radical (unpaired) electrons. The van der Waals surface area contributed by atoms with E-state index in [0.717, 1.165) is 70.6 Å². The lowest BCUT2D eigenvalue weighted by molar-refractivity contribution is -0.379. The summed E-state index contributed by atoms with van der Waals surface area (Å²) < 4.78 is 34.2. The van der Waals surface area contributed by atoms with Crippen LogP contribution in [0, 0.1) is 0 Å². The molecule has 12 N–H and O–H groups in total. The van der Waals surface area contributed by atoms with E-state index in [2.05, 4.69) is 55.6 Å². The maximum absolute atomic E-state index is 13.3. The maximum atomic E-state index is 13.3. The number of hydrogen-bond acceptors (Lipinski definition) is 18. The van der Waals surface area contributed by atoms with Crippen molar-refractivity contribution in [3.05, 3.63) is 48.6 Å². The monoisotopic (exact) mass is 1210 g/mol. The molecule has 3 aliphatic rings. The first kappa shape index (κ1) is 77.0. The zero-order chi connectivity index (χ0) is 61.9. The second-order valence-corrected chi connectivity index (χ2v) is 23.9. The van der Waals surface area contributed by atoms with Crippen LogP contribution in [0.15, 0.2) is 48.6 Å². The lowest BCUT2D eigenvalue weighted by Crippen LogP contribution is -2.66. The van der Waals surface area contributed by atoms with Crippen LogP contribution < -0.4 is 5.32 Å². The van der Waals surface area contributed by atoms with E-state index in [9.17, 15) is 61.0 Å². The fourth-order valence-corrected chi connectivity index (χ4v) is 11.1. The van der Waals surface area contributed by atoms with E-state index in [-0.39, 0.29) is 18.9 Å². The molecule has 0 aromatic rings. The number of allylic oxidation sites excluding steroid dienone is 7. The Hall–Kier alpha value is -2.25. The topological polar surface area (TPSA) is 307 Å². The van der Waals surface area contributed by atoms with Gasteiger partial charge >= 0.3 is 0 Å². The van der Waals surface area contributed by atoms with E-state index >= 15 is 0 Å². The number of rotatable bonds is 50. The maximum Gasteiger partial charge on any atom is 0.220 e. The van der Waals surface area contributed by atoms with Crippen LogP contribution in [-0.2, 0) is 33.2 Å². The number of aliphatic hydroxyl groups excluding tert-OH is 11. The summed E-state index contributed by atoms with van der Waals surface area (Å²) in [6.07, 6.45) is 30.0. The van der Waals surface area contributed by atoms with Gasteiger partial charge in [-0.2, -0.15) is 0 Å². The van der Waals surface area contributed by atoms with Crippen LogP contribution in [0.5, 0.6) is 0 Å². The Morgan fingerprint density at radius 3 is 1.22 bits per heavy atom. The number of amides is 1. The highest BCUT2D eigenvalue weighted by Crippen LogP contribution is 2.33. The van der Waals surface area contributed by atoms with Crippen molar-refractivity contribution >= 4 is 5.91 Å². The summed E-state index contributed by atoms with van der Waals surface area (Å²) >= 11 is 0. The Morgan fingerprint density at radius 1 is 0.412 bits per heavy atom. The molecule has 3 fully saturated rings. The Morgan fingerprint density at radius 2 is 0.776 bits per heavy atom. The molecule has 0 saturated carbocycles. The quantitative estimate of drug-likeness (QED) is 0.0204. The molecule has 1 amide bonds. The van der Waals surface area contributed by atoms with Crippen LogP contribution in [0.25, 0.3) is 0 Å². The molecule has 17 atom stereocenters. The fraction of sp³-hybridized carbons (Fsp3) is 0.864. The molecule has 0 aromatic heterocycles. The lowest BCUT2D eigenvalue weighted by atomic mass is 9.96. The summed E-state index contributed by atoms with van der Waals surface area (Å²) in [4.78, 5) is 13.3. The molecule has 3 heterocycles. The number of aliphatic hydroxyl groups is 11. The third-order valence-electron chi connectivity index (χ3n) is 16.6. The van der Waals surface area contributed by atoms with Gasteiger partial charge in [0.25, 0.3) is 0 Å². The average Bonchev–Trinajstić information content (AvgIpc) is 2.40. The molecule has 0 bridgehead atoms. The SMILES string of the molecule is CCC/C=C\CCCCCCCC(=O)NC(COC1OC(CO)C(OC2OC(CO)C(OC3OC(CO)C(O)C(O)C3O)C(O)C2O)C(O)C1O)C(O)/C=C/CC/C=C/CC/C=C/CCCCCCCCCCCCCCCCCCCCCC. The molecular formula is C66H119NO18. The highest BCUT2D eigenvalue weighted by molar-refractivity contribution is 5.76. The molecule has 85 heavy (non-hydrogen) atoms. The molecule has 0 aromatic carbocycles. The van der Waals surface area contributed by atoms with Gasteiger partial charge in [-0.3, -0.25) is 4.79 Å². The fourth-order valence-electron chi connectivity index (χ4n) is 11.1. The van der Waals surface area contributed by atoms with Crippen LogP contribution >= 0.6 is 0 Å². The first-order valence-corrected chi connectivity index (χ1v) is 33.4. The normalized spacial score (nSPS) is 29.3. The molecular weight excluding hydrogens is 1090 g/mol. The summed E-state index contributed by atoms with van der Waals surface area (Å²) in [6, 6.07) is -1.00. The summed E-state index contributed by atoms with van der Waals surface area (Å²) in [6.45, 7) is 1.62. The first-order chi connectivity index (χ1) is 41.3. The highest BCUT2D eigenvalue weighted by Gasteiger charge is 2.53. The molecule has 3 rings (SSSR count). The van der Waals surface area contributed by atoms with E-state index in [1.807, 2.05) is 6.08 Å². The van der Waals surface area contributed by atoms with E-state index in [0.29, 0.717) is 12.8 Å². The molecule has 17 unspecified atom stereocenters. The van der Waals surface area contributed by atoms with Gasteiger partial charge in [-0.1, -0.05) is 210 Å². The van der Waals surface area contributed by atoms with Gasteiger partial charge in [0.1, 0.15) is 73.2 Å². The van der Waals surface area contributed by atoms with Crippen molar-refractivity contribution in [2.45, 2.75) is 336 Å². The molecule has 496 valence electrons. The molecule has 0 spiro atoms. The summed E-state index contributed by atoms with van der Waals surface area (Å²) in [5.74, 6) is -0.302. The predicted molar refractivity (Wildman–Crippen MR) is 328 cm³/mol. The number of unbranched alkanes of at least 4 members (excludes halogenated alkanes) is 28. The molecule has 19 heteroatoms. The van der Waals surface area contributed by atoms with Crippen LogP contribution in [0.2, 0.25) is 0 Å². The number of carbonyl (C=O) groups excluding carboxylic acids is 1. The van der Waals surface area contributed by atoms with Gasteiger partial charge in [0, 0.05) is 6.42 Å². The van der Waals surface area contributed by atoms with Crippen molar-refractivity contribution in [1.29, 1.82) is 0 Å². The predicted octanol–water partition coefficient (Wildman–Crippen LogP) is 7.83. The van der Waals surface area contributed by atoms with Crippen LogP contribution in [-0.4, -0.2) is 193 Å². The zero-order valence-electron chi connectivity index (χ0n) is 52.1. The second-order valence-electron chi connectivity index (χ2n) is 23.9. The first-order valence-electron chi connectivity index (χ1n) is 33.4. The van der Waals surface area contributed by atoms with Crippen molar-refractivity contribution in [2.75, 3.05) is 26.4 Å². The number of hydrogen-bond donors (Lipinski definition) is 12. The Labute approximate surface area is 510 Å². The van der Waals surface area contributed by atoms with Crippen molar-refractivity contribution in [2.24, 2.45) is 0 Å². The molecule has 3 saturated heterocycles. The van der Waals surface area contributed by atoms with Gasteiger partial charge in [-0.15, -0.1) is 0 Å². The van der Waals surface area contributed by atoms with E-state index in [1.165, 1.54) is 128 Å². The van der Waals surface area contributed by atoms with Gasteiger partial charge in [-0.25, -0.2) is 0 Å². The average molecular weight is 1210 g/mol. The number of nitrogens with one attached hydrogen (secondary N) is 1. The van der Waals surface area contributed by atoms with Crippen LogP contribution in [0.3, 0.4) is 0 Å². The van der Waals surface area contributed by atoms with Crippen LogP contribution in [0.4, 0.5) is 0 Å². The van der Waals surface area contributed by atoms with Crippen LogP contribution in [0.1, 0.15) is 232 Å². The Bertz CT molecular complexity index is 1740. The lowest BCUT2D eigenvalue weighted by Gasteiger charge is -2.48.